The lowest BCUT2D eigenvalue weighted by atomic mass is 10.2. The van der Waals surface area contributed by atoms with Crippen molar-refractivity contribution in [1.82, 2.24) is 5.43 Å². The maximum absolute atomic E-state index is 12.1. The number of rotatable bonds is 7. The Balaban J connectivity index is 2.06. The fourth-order valence-electron chi connectivity index (χ4n) is 2.09. The van der Waals surface area contributed by atoms with Crippen LogP contribution in [0, 0.1) is 0 Å². The lowest BCUT2D eigenvalue weighted by molar-refractivity contribution is 0.0954. The van der Waals surface area contributed by atoms with Gasteiger partial charge in [0.15, 0.2) is 23.0 Å². The van der Waals surface area contributed by atoms with Crippen molar-refractivity contribution < 1.29 is 24.1 Å². The number of methoxy groups -OCH3 is 2. The number of hydrazone groups is 1. The number of carbonyl (C=O) groups excluding carboxylic acids is 1. The summed E-state index contributed by atoms with van der Waals surface area (Å²) in [5.41, 5.74) is 3.47. The van der Waals surface area contributed by atoms with Gasteiger partial charge in [0.05, 0.1) is 27.0 Å². The molecule has 0 saturated heterocycles. The monoisotopic (exact) mass is 344 g/mol. The van der Waals surface area contributed by atoms with Crippen LogP contribution >= 0.6 is 0 Å². The Hall–Kier alpha value is -3.22. The van der Waals surface area contributed by atoms with Gasteiger partial charge in [0, 0.05) is 5.56 Å². The second kappa shape index (κ2) is 8.58. The van der Waals surface area contributed by atoms with E-state index in [-0.39, 0.29) is 11.5 Å². The van der Waals surface area contributed by atoms with Crippen LogP contribution in [0.4, 0.5) is 0 Å². The molecule has 7 nitrogen and oxygen atoms in total. The molecule has 2 N–H and O–H groups in total. The molecule has 2 aromatic rings. The van der Waals surface area contributed by atoms with E-state index in [2.05, 4.69) is 10.5 Å². The Labute approximate surface area is 145 Å². The average Bonchev–Trinajstić information content (AvgIpc) is 2.63. The number of benzene rings is 2. The van der Waals surface area contributed by atoms with Crippen molar-refractivity contribution in [2.45, 2.75) is 6.92 Å². The van der Waals surface area contributed by atoms with Crippen LogP contribution in [-0.4, -0.2) is 38.1 Å². The topological polar surface area (TPSA) is 89.4 Å². The van der Waals surface area contributed by atoms with Crippen molar-refractivity contribution in [2.24, 2.45) is 5.10 Å². The van der Waals surface area contributed by atoms with Crippen molar-refractivity contribution >= 4 is 12.1 Å². The minimum absolute atomic E-state index is 0.0379. The van der Waals surface area contributed by atoms with Gasteiger partial charge < -0.3 is 19.3 Å². The van der Waals surface area contributed by atoms with Crippen LogP contribution in [-0.2, 0) is 0 Å². The van der Waals surface area contributed by atoms with Gasteiger partial charge in [-0.2, -0.15) is 5.10 Å². The first-order valence-corrected chi connectivity index (χ1v) is 7.60. The number of aromatic hydroxyl groups is 1. The molecule has 1 amide bonds. The van der Waals surface area contributed by atoms with Gasteiger partial charge in [0.2, 0.25) is 0 Å². The molecule has 7 heteroatoms. The molecule has 0 saturated carbocycles. The molecule has 0 aromatic heterocycles. The third-order valence-electron chi connectivity index (χ3n) is 3.31. The van der Waals surface area contributed by atoms with Crippen molar-refractivity contribution in [2.75, 3.05) is 20.8 Å². The molecule has 25 heavy (non-hydrogen) atoms. The summed E-state index contributed by atoms with van der Waals surface area (Å²) in [7, 11) is 2.97. The standard InChI is InChI=1S/C18H20N2O5/c1-4-25-15-8-5-12(9-17(15)24-3)11-19-20-18(22)13-6-7-14(21)16(10-13)23-2/h5-11,21H,4H2,1-3H3,(H,20,22)/b19-11+. The van der Waals surface area contributed by atoms with Gasteiger partial charge in [-0.15, -0.1) is 0 Å². The highest BCUT2D eigenvalue weighted by atomic mass is 16.5. The predicted octanol–water partition coefficient (Wildman–Crippen LogP) is 2.57. The van der Waals surface area contributed by atoms with Gasteiger partial charge >= 0.3 is 0 Å². The van der Waals surface area contributed by atoms with Crippen molar-refractivity contribution in [3.63, 3.8) is 0 Å². The zero-order valence-electron chi connectivity index (χ0n) is 14.3. The van der Waals surface area contributed by atoms with Crippen LogP contribution in [0.1, 0.15) is 22.8 Å². The Morgan fingerprint density at radius 2 is 1.88 bits per heavy atom. The number of hydrogen-bond donors (Lipinski definition) is 2. The second-order valence-electron chi connectivity index (χ2n) is 4.93. The Morgan fingerprint density at radius 1 is 1.12 bits per heavy atom. The van der Waals surface area contributed by atoms with E-state index in [0.717, 1.165) is 5.56 Å². The van der Waals surface area contributed by atoms with E-state index < -0.39 is 5.91 Å². The fraction of sp³-hybridized carbons (Fsp3) is 0.222. The number of carbonyl (C=O) groups is 1. The first-order chi connectivity index (χ1) is 12.1. The maximum atomic E-state index is 12.1. The number of phenolic OH excluding ortho intramolecular Hbond substituents is 1. The molecule has 0 spiro atoms. The van der Waals surface area contributed by atoms with Crippen LogP contribution in [0.2, 0.25) is 0 Å². The number of phenols is 1. The number of ether oxygens (including phenoxy) is 3. The zero-order chi connectivity index (χ0) is 18.2. The van der Waals surface area contributed by atoms with Crippen molar-refractivity contribution in [3.05, 3.63) is 47.5 Å². The lowest BCUT2D eigenvalue weighted by Crippen LogP contribution is -2.17. The molecule has 0 unspecified atom stereocenters. The molecule has 0 heterocycles. The Bertz CT molecular complexity index is 774. The summed E-state index contributed by atoms with van der Waals surface area (Å²) < 4.78 is 15.7. The molecule has 0 fully saturated rings. The quantitative estimate of drug-likeness (QED) is 0.595. The van der Waals surface area contributed by atoms with E-state index >= 15 is 0 Å². The largest absolute Gasteiger partial charge is 0.504 e. The number of hydrogen-bond acceptors (Lipinski definition) is 6. The van der Waals surface area contributed by atoms with Crippen LogP contribution in [0.3, 0.4) is 0 Å². The summed E-state index contributed by atoms with van der Waals surface area (Å²) in [4.78, 5) is 12.1. The summed E-state index contributed by atoms with van der Waals surface area (Å²) in [5.74, 6) is 0.979. The fourth-order valence-corrected chi connectivity index (χ4v) is 2.09. The van der Waals surface area contributed by atoms with Gasteiger partial charge in [0.25, 0.3) is 5.91 Å². The van der Waals surface area contributed by atoms with E-state index in [0.29, 0.717) is 23.7 Å². The maximum Gasteiger partial charge on any atom is 0.271 e. The van der Waals surface area contributed by atoms with Crippen LogP contribution in [0.25, 0.3) is 0 Å². The SMILES string of the molecule is CCOc1ccc(/C=N/NC(=O)c2ccc(O)c(OC)c2)cc1OC. The third-order valence-corrected chi connectivity index (χ3v) is 3.31. The smallest absolute Gasteiger partial charge is 0.271 e. The average molecular weight is 344 g/mol. The molecule has 0 atom stereocenters. The number of amides is 1. The van der Waals surface area contributed by atoms with Crippen molar-refractivity contribution in [1.29, 1.82) is 0 Å². The predicted molar refractivity (Wildman–Crippen MR) is 93.9 cm³/mol. The highest BCUT2D eigenvalue weighted by Gasteiger charge is 2.09. The number of nitrogens with zero attached hydrogens (tertiary/aromatic N) is 1. The zero-order valence-corrected chi connectivity index (χ0v) is 14.3. The molecule has 2 aromatic carbocycles. The molecule has 2 rings (SSSR count). The molecule has 0 aliphatic carbocycles. The second-order valence-corrected chi connectivity index (χ2v) is 4.93. The molecular formula is C18H20N2O5. The van der Waals surface area contributed by atoms with Crippen LogP contribution < -0.4 is 19.6 Å². The van der Waals surface area contributed by atoms with Crippen LogP contribution in [0.5, 0.6) is 23.0 Å². The van der Waals surface area contributed by atoms with Gasteiger partial charge in [-0.1, -0.05) is 0 Å². The molecular weight excluding hydrogens is 324 g/mol. The normalized spacial score (nSPS) is 10.5. The van der Waals surface area contributed by atoms with Gasteiger partial charge in [-0.05, 0) is 48.9 Å². The Morgan fingerprint density at radius 3 is 2.56 bits per heavy atom. The molecule has 0 radical (unpaired) electrons. The highest BCUT2D eigenvalue weighted by Crippen LogP contribution is 2.27. The minimum Gasteiger partial charge on any atom is -0.504 e. The summed E-state index contributed by atoms with van der Waals surface area (Å²) in [5, 5.41) is 13.5. The first-order valence-electron chi connectivity index (χ1n) is 7.60. The summed E-state index contributed by atoms with van der Waals surface area (Å²) >= 11 is 0. The van der Waals surface area contributed by atoms with E-state index in [9.17, 15) is 9.90 Å². The molecule has 132 valence electrons. The highest BCUT2D eigenvalue weighted by molar-refractivity contribution is 5.95. The molecule has 0 bridgehead atoms. The molecule has 0 aliphatic rings. The lowest BCUT2D eigenvalue weighted by Gasteiger charge is -2.09. The summed E-state index contributed by atoms with van der Waals surface area (Å²) in [6.07, 6.45) is 1.49. The first kappa shape index (κ1) is 18.1. The summed E-state index contributed by atoms with van der Waals surface area (Å²) in [6.45, 7) is 2.43. The van der Waals surface area contributed by atoms with Crippen molar-refractivity contribution in [3.8, 4) is 23.0 Å². The number of nitrogens with one attached hydrogen (secondary N) is 1. The minimum atomic E-state index is -0.424. The Kier molecular flexibility index (Phi) is 6.22. The van der Waals surface area contributed by atoms with E-state index in [1.165, 1.54) is 31.5 Å². The van der Waals surface area contributed by atoms with Gasteiger partial charge in [-0.25, -0.2) is 5.43 Å². The summed E-state index contributed by atoms with van der Waals surface area (Å²) in [6, 6.07) is 9.62. The third kappa shape index (κ3) is 4.63. The molecule has 0 aliphatic heterocycles. The van der Waals surface area contributed by atoms with E-state index in [1.807, 2.05) is 6.92 Å². The van der Waals surface area contributed by atoms with E-state index in [4.69, 9.17) is 14.2 Å². The van der Waals surface area contributed by atoms with Crippen LogP contribution in [0.15, 0.2) is 41.5 Å². The van der Waals surface area contributed by atoms with Gasteiger partial charge in [0.1, 0.15) is 0 Å². The van der Waals surface area contributed by atoms with Gasteiger partial charge in [-0.3, -0.25) is 4.79 Å². The van der Waals surface area contributed by atoms with E-state index in [1.54, 1.807) is 25.3 Å².